The second kappa shape index (κ2) is 4.13. The molecule has 0 aromatic carbocycles. The van der Waals surface area contributed by atoms with E-state index < -0.39 is 0 Å². The van der Waals surface area contributed by atoms with Crippen LogP contribution in [0.2, 0.25) is 0 Å². The lowest BCUT2D eigenvalue weighted by molar-refractivity contribution is 0.0924. The van der Waals surface area contributed by atoms with Crippen LogP contribution >= 0.6 is 11.3 Å². The van der Waals surface area contributed by atoms with E-state index in [4.69, 9.17) is 0 Å². The number of nitrogens with zero attached hydrogens (tertiary/aromatic N) is 4. The number of rotatable bonds is 3. The van der Waals surface area contributed by atoms with Crippen LogP contribution in [0.4, 0.5) is 0 Å². The molecule has 0 fully saturated rings. The first-order chi connectivity index (χ1) is 7.59. The Bertz CT molecular complexity index is 501. The van der Waals surface area contributed by atoms with Crippen molar-refractivity contribution in [2.75, 3.05) is 0 Å². The third kappa shape index (κ3) is 1.88. The third-order valence-electron chi connectivity index (χ3n) is 2.17. The number of hydrogen-bond donors (Lipinski definition) is 0. The number of aryl methyl sites for hydroxylation is 1. The summed E-state index contributed by atoms with van der Waals surface area (Å²) in [6.07, 6.45) is 0. The molecule has 0 N–H and O–H groups in total. The van der Waals surface area contributed by atoms with Crippen molar-refractivity contribution >= 4 is 17.1 Å². The molecule has 2 aromatic rings. The van der Waals surface area contributed by atoms with Gasteiger partial charge in [0.2, 0.25) is 11.6 Å². The van der Waals surface area contributed by atoms with Crippen molar-refractivity contribution < 1.29 is 4.79 Å². The van der Waals surface area contributed by atoms with E-state index in [1.807, 2.05) is 19.2 Å². The van der Waals surface area contributed by atoms with Gasteiger partial charge >= 0.3 is 0 Å². The Kier molecular flexibility index (Phi) is 2.82. The Labute approximate surface area is 97.2 Å². The van der Waals surface area contributed by atoms with Gasteiger partial charge in [-0.15, -0.1) is 16.4 Å². The van der Waals surface area contributed by atoms with E-state index in [0.717, 1.165) is 0 Å². The number of thiazole rings is 1. The molecular formula is C10H12N4OS. The SMILES string of the molecule is CC(C)C(=O)c1nc(-c2cscn2)nn1C. The summed E-state index contributed by atoms with van der Waals surface area (Å²) in [5, 5.41) is 6.05. The van der Waals surface area contributed by atoms with Crippen molar-refractivity contribution in [1.82, 2.24) is 19.7 Å². The van der Waals surface area contributed by atoms with Crippen molar-refractivity contribution in [1.29, 1.82) is 0 Å². The first-order valence-electron chi connectivity index (χ1n) is 4.93. The molecule has 0 saturated heterocycles. The van der Waals surface area contributed by atoms with Gasteiger partial charge in [-0.2, -0.15) is 0 Å². The van der Waals surface area contributed by atoms with Crippen LogP contribution in [0, 0.1) is 5.92 Å². The maximum absolute atomic E-state index is 11.8. The highest BCUT2D eigenvalue weighted by Gasteiger charge is 2.19. The van der Waals surface area contributed by atoms with E-state index in [0.29, 0.717) is 17.3 Å². The predicted octanol–water partition coefficient (Wildman–Crippen LogP) is 1.78. The maximum atomic E-state index is 11.8. The number of aromatic nitrogens is 4. The van der Waals surface area contributed by atoms with E-state index in [2.05, 4.69) is 15.1 Å². The summed E-state index contributed by atoms with van der Waals surface area (Å²) in [7, 11) is 1.72. The average molecular weight is 236 g/mol. The smallest absolute Gasteiger partial charge is 0.202 e. The van der Waals surface area contributed by atoms with Crippen LogP contribution in [0.1, 0.15) is 24.5 Å². The molecule has 0 aliphatic carbocycles. The molecule has 0 amide bonds. The van der Waals surface area contributed by atoms with E-state index in [1.54, 1.807) is 12.6 Å². The van der Waals surface area contributed by atoms with Gasteiger partial charge in [0.15, 0.2) is 5.82 Å². The summed E-state index contributed by atoms with van der Waals surface area (Å²) in [4.78, 5) is 20.1. The number of hydrogen-bond acceptors (Lipinski definition) is 5. The zero-order valence-electron chi connectivity index (χ0n) is 9.34. The molecule has 0 aliphatic rings. The van der Waals surface area contributed by atoms with E-state index in [1.165, 1.54) is 16.0 Å². The maximum Gasteiger partial charge on any atom is 0.202 e. The van der Waals surface area contributed by atoms with Gasteiger partial charge in [-0.25, -0.2) is 14.6 Å². The molecule has 2 aromatic heterocycles. The van der Waals surface area contributed by atoms with Crippen LogP contribution in [0.5, 0.6) is 0 Å². The van der Waals surface area contributed by atoms with E-state index in [-0.39, 0.29) is 11.7 Å². The van der Waals surface area contributed by atoms with Gasteiger partial charge in [0.25, 0.3) is 0 Å². The van der Waals surface area contributed by atoms with Crippen LogP contribution in [-0.2, 0) is 7.05 Å². The molecular weight excluding hydrogens is 224 g/mol. The molecule has 6 heteroatoms. The fraction of sp³-hybridized carbons (Fsp3) is 0.400. The van der Waals surface area contributed by atoms with Gasteiger partial charge in [0.1, 0.15) is 5.69 Å². The largest absolute Gasteiger partial charge is 0.290 e. The Morgan fingerprint density at radius 1 is 1.50 bits per heavy atom. The Morgan fingerprint density at radius 2 is 2.25 bits per heavy atom. The zero-order chi connectivity index (χ0) is 11.7. The van der Waals surface area contributed by atoms with Gasteiger partial charge in [-0.1, -0.05) is 13.8 Å². The number of carbonyl (C=O) groups is 1. The van der Waals surface area contributed by atoms with Crippen LogP contribution < -0.4 is 0 Å². The lowest BCUT2D eigenvalue weighted by Gasteiger charge is -2.00. The summed E-state index contributed by atoms with van der Waals surface area (Å²) in [6.45, 7) is 3.69. The topological polar surface area (TPSA) is 60.7 Å². The normalized spacial score (nSPS) is 11.0. The van der Waals surface area contributed by atoms with Crippen LogP contribution in [0.3, 0.4) is 0 Å². The van der Waals surface area contributed by atoms with Crippen molar-refractivity contribution in [3.8, 4) is 11.5 Å². The molecule has 84 valence electrons. The summed E-state index contributed by atoms with van der Waals surface area (Å²) in [5.74, 6) is 0.813. The Hall–Kier alpha value is -1.56. The molecule has 0 spiro atoms. The first kappa shape index (κ1) is 10.9. The highest BCUT2D eigenvalue weighted by molar-refractivity contribution is 7.07. The summed E-state index contributed by atoms with van der Waals surface area (Å²) >= 11 is 1.48. The fourth-order valence-corrected chi connectivity index (χ4v) is 1.82. The van der Waals surface area contributed by atoms with E-state index in [9.17, 15) is 4.79 Å². The fourth-order valence-electron chi connectivity index (χ4n) is 1.29. The Balaban J connectivity index is 2.40. The van der Waals surface area contributed by atoms with Crippen LogP contribution in [-0.4, -0.2) is 25.5 Å². The van der Waals surface area contributed by atoms with Crippen molar-refractivity contribution in [2.45, 2.75) is 13.8 Å². The second-order valence-electron chi connectivity index (χ2n) is 3.78. The highest BCUT2D eigenvalue weighted by atomic mass is 32.1. The number of ketones is 1. The summed E-state index contributed by atoms with van der Waals surface area (Å²) in [5.41, 5.74) is 2.43. The van der Waals surface area contributed by atoms with E-state index >= 15 is 0 Å². The molecule has 5 nitrogen and oxygen atoms in total. The highest BCUT2D eigenvalue weighted by Crippen LogP contribution is 2.16. The molecule has 2 heterocycles. The lowest BCUT2D eigenvalue weighted by Crippen LogP contribution is -2.13. The average Bonchev–Trinajstić information content (AvgIpc) is 2.84. The first-order valence-corrected chi connectivity index (χ1v) is 5.87. The minimum atomic E-state index is -0.0776. The minimum absolute atomic E-state index is 0.00326. The molecule has 0 unspecified atom stereocenters. The van der Waals surface area contributed by atoms with Gasteiger partial charge in [-0.3, -0.25) is 4.79 Å². The second-order valence-corrected chi connectivity index (χ2v) is 4.49. The van der Waals surface area contributed by atoms with Crippen molar-refractivity contribution in [3.05, 3.63) is 16.7 Å². The van der Waals surface area contributed by atoms with Gasteiger partial charge in [0, 0.05) is 18.3 Å². The van der Waals surface area contributed by atoms with Gasteiger partial charge < -0.3 is 0 Å². The third-order valence-corrected chi connectivity index (χ3v) is 2.76. The molecule has 0 aliphatic heterocycles. The number of Topliss-reactive ketones (excluding diaryl/α,β-unsaturated/α-hetero) is 1. The van der Waals surface area contributed by atoms with Gasteiger partial charge in [0.05, 0.1) is 5.51 Å². The summed E-state index contributed by atoms with van der Waals surface area (Å²) < 4.78 is 1.51. The monoisotopic (exact) mass is 236 g/mol. The lowest BCUT2D eigenvalue weighted by atomic mass is 10.1. The zero-order valence-corrected chi connectivity index (χ0v) is 10.2. The molecule has 2 rings (SSSR count). The molecule has 0 radical (unpaired) electrons. The summed E-state index contributed by atoms with van der Waals surface area (Å²) in [6, 6.07) is 0. The van der Waals surface area contributed by atoms with Crippen LogP contribution in [0.15, 0.2) is 10.9 Å². The predicted molar refractivity (Wildman–Crippen MR) is 61.3 cm³/mol. The molecule has 0 atom stereocenters. The number of carbonyl (C=O) groups excluding carboxylic acids is 1. The minimum Gasteiger partial charge on any atom is -0.290 e. The van der Waals surface area contributed by atoms with Gasteiger partial charge in [-0.05, 0) is 0 Å². The standard InChI is InChI=1S/C10H12N4OS/c1-6(2)8(15)10-12-9(13-14(10)3)7-4-16-5-11-7/h4-6H,1-3H3. The van der Waals surface area contributed by atoms with Crippen molar-refractivity contribution in [2.24, 2.45) is 13.0 Å². The molecule has 0 bridgehead atoms. The van der Waals surface area contributed by atoms with Crippen LogP contribution in [0.25, 0.3) is 11.5 Å². The molecule has 16 heavy (non-hydrogen) atoms. The Morgan fingerprint density at radius 3 is 2.81 bits per heavy atom. The molecule has 0 saturated carbocycles. The quantitative estimate of drug-likeness (QED) is 0.762. The van der Waals surface area contributed by atoms with Crippen molar-refractivity contribution in [3.63, 3.8) is 0 Å².